The number of hydrogen-bond acceptors (Lipinski definition) is 3. The van der Waals surface area contributed by atoms with Gasteiger partial charge < -0.3 is 15.5 Å². The van der Waals surface area contributed by atoms with E-state index in [1.165, 1.54) is 32.4 Å². The van der Waals surface area contributed by atoms with Gasteiger partial charge in [0.2, 0.25) is 5.91 Å². The Bertz CT molecular complexity index is 305. The van der Waals surface area contributed by atoms with E-state index in [4.69, 9.17) is 0 Å². The molecule has 4 heteroatoms. The van der Waals surface area contributed by atoms with E-state index in [0.717, 1.165) is 24.9 Å². The summed E-state index contributed by atoms with van der Waals surface area (Å²) < 4.78 is 0. The van der Waals surface area contributed by atoms with Crippen molar-refractivity contribution in [3.8, 4) is 0 Å². The molecule has 0 aromatic heterocycles. The Labute approximate surface area is 123 Å². The van der Waals surface area contributed by atoms with Gasteiger partial charge in [-0.15, -0.1) is 0 Å². The van der Waals surface area contributed by atoms with E-state index in [0.29, 0.717) is 18.5 Å². The smallest absolute Gasteiger partial charge is 0.221 e. The lowest BCUT2D eigenvalue weighted by molar-refractivity contribution is -0.121. The number of likely N-dealkylation sites (tertiary alicyclic amines) is 1. The van der Waals surface area contributed by atoms with Gasteiger partial charge in [0.15, 0.2) is 0 Å². The Kier molecular flexibility index (Phi) is 5.85. The molecule has 1 aliphatic carbocycles. The van der Waals surface area contributed by atoms with E-state index in [1.54, 1.807) is 0 Å². The van der Waals surface area contributed by atoms with Crippen molar-refractivity contribution in [2.75, 3.05) is 26.2 Å². The maximum Gasteiger partial charge on any atom is 0.221 e. The van der Waals surface area contributed by atoms with Gasteiger partial charge in [-0.25, -0.2) is 0 Å². The second-order valence-electron chi connectivity index (χ2n) is 6.68. The van der Waals surface area contributed by atoms with Crippen molar-refractivity contribution < 1.29 is 4.79 Å². The minimum atomic E-state index is 0.171. The lowest BCUT2D eigenvalue weighted by Gasteiger charge is -2.49. The number of fused-ring (bicyclic) bond motifs is 2. The second kappa shape index (κ2) is 7.41. The Morgan fingerprint density at radius 1 is 1.25 bits per heavy atom. The number of hydrogen-bond donors (Lipinski definition) is 2. The van der Waals surface area contributed by atoms with Crippen LogP contribution < -0.4 is 10.6 Å². The van der Waals surface area contributed by atoms with Gasteiger partial charge in [0.25, 0.3) is 0 Å². The molecule has 2 aliphatic rings. The fraction of sp³-hybridized carbons (Fsp3) is 0.938. The van der Waals surface area contributed by atoms with Crippen LogP contribution in [0.1, 0.15) is 46.5 Å². The molecule has 20 heavy (non-hydrogen) atoms. The molecule has 0 radical (unpaired) electrons. The molecule has 1 saturated carbocycles. The van der Waals surface area contributed by atoms with Crippen LogP contribution in [0.5, 0.6) is 0 Å². The summed E-state index contributed by atoms with van der Waals surface area (Å²) >= 11 is 0. The van der Waals surface area contributed by atoms with Gasteiger partial charge in [0.05, 0.1) is 0 Å². The molecule has 2 bridgehead atoms. The first-order chi connectivity index (χ1) is 9.61. The van der Waals surface area contributed by atoms with Crippen LogP contribution in [0.2, 0.25) is 0 Å². The van der Waals surface area contributed by atoms with Crippen LogP contribution in [-0.4, -0.2) is 49.1 Å². The van der Waals surface area contributed by atoms with E-state index in [2.05, 4.69) is 29.4 Å². The van der Waals surface area contributed by atoms with E-state index in [-0.39, 0.29) is 5.91 Å². The van der Waals surface area contributed by atoms with Crippen LogP contribution in [-0.2, 0) is 4.79 Å². The summed E-state index contributed by atoms with van der Waals surface area (Å²) in [7, 11) is 0. The average Bonchev–Trinajstić information content (AvgIpc) is 2.38. The molecule has 2 atom stereocenters. The Hall–Kier alpha value is -0.610. The summed E-state index contributed by atoms with van der Waals surface area (Å²) in [5.74, 6) is 1.73. The summed E-state index contributed by atoms with van der Waals surface area (Å²) in [5, 5.41) is 6.55. The monoisotopic (exact) mass is 281 g/mol. The summed E-state index contributed by atoms with van der Waals surface area (Å²) in [6.07, 6.45) is 4.69. The quantitative estimate of drug-likeness (QED) is 0.777. The van der Waals surface area contributed by atoms with Crippen molar-refractivity contribution in [1.29, 1.82) is 0 Å². The zero-order valence-electron chi connectivity index (χ0n) is 13.3. The van der Waals surface area contributed by atoms with Crippen molar-refractivity contribution in [2.45, 2.75) is 58.5 Å². The third-order valence-corrected chi connectivity index (χ3v) is 4.94. The topological polar surface area (TPSA) is 44.4 Å². The van der Waals surface area contributed by atoms with Gasteiger partial charge in [0.1, 0.15) is 0 Å². The SMILES string of the molecule is CCNC(=O)CCNC1C2CCCC1CN(C(C)C)C2. The number of carbonyl (C=O) groups is 1. The van der Waals surface area contributed by atoms with Crippen LogP contribution >= 0.6 is 0 Å². The Balaban J connectivity index is 1.81. The van der Waals surface area contributed by atoms with Crippen molar-refractivity contribution in [3.63, 3.8) is 0 Å². The van der Waals surface area contributed by atoms with Gasteiger partial charge in [0, 0.05) is 44.7 Å². The molecule has 0 aromatic rings. The molecule has 0 aromatic carbocycles. The normalized spacial score (nSPS) is 30.5. The molecular formula is C16H31N3O. The number of nitrogens with zero attached hydrogens (tertiary/aromatic N) is 1. The van der Waals surface area contributed by atoms with Crippen molar-refractivity contribution in [1.82, 2.24) is 15.5 Å². The second-order valence-corrected chi connectivity index (χ2v) is 6.68. The largest absolute Gasteiger partial charge is 0.356 e. The van der Waals surface area contributed by atoms with Crippen LogP contribution in [0.25, 0.3) is 0 Å². The van der Waals surface area contributed by atoms with Gasteiger partial charge in [-0.05, 0) is 45.4 Å². The molecular weight excluding hydrogens is 250 g/mol. The molecule has 0 spiro atoms. The first kappa shape index (κ1) is 15.8. The highest BCUT2D eigenvalue weighted by atomic mass is 16.1. The number of piperidine rings is 1. The maximum absolute atomic E-state index is 11.5. The van der Waals surface area contributed by atoms with E-state index in [1.807, 2.05) is 6.92 Å². The zero-order valence-corrected chi connectivity index (χ0v) is 13.3. The first-order valence-corrected chi connectivity index (χ1v) is 8.36. The van der Waals surface area contributed by atoms with E-state index >= 15 is 0 Å². The average molecular weight is 281 g/mol. The van der Waals surface area contributed by atoms with Crippen LogP contribution in [0.15, 0.2) is 0 Å². The van der Waals surface area contributed by atoms with Gasteiger partial charge in [-0.3, -0.25) is 4.79 Å². The van der Waals surface area contributed by atoms with Gasteiger partial charge in [-0.1, -0.05) is 6.42 Å². The minimum absolute atomic E-state index is 0.171. The predicted octanol–water partition coefficient (Wildman–Crippen LogP) is 1.61. The molecule has 2 unspecified atom stereocenters. The van der Waals surface area contributed by atoms with E-state index < -0.39 is 0 Å². The lowest BCUT2D eigenvalue weighted by atomic mass is 9.73. The van der Waals surface area contributed by atoms with Gasteiger partial charge >= 0.3 is 0 Å². The highest BCUT2D eigenvalue weighted by Gasteiger charge is 2.39. The molecule has 2 N–H and O–H groups in total. The fourth-order valence-electron chi connectivity index (χ4n) is 3.87. The number of amides is 1. The fourth-order valence-corrected chi connectivity index (χ4v) is 3.87. The summed E-state index contributed by atoms with van der Waals surface area (Å²) in [5.41, 5.74) is 0. The zero-order chi connectivity index (χ0) is 14.5. The maximum atomic E-state index is 11.5. The molecule has 4 nitrogen and oxygen atoms in total. The first-order valence-electron chi connectivity index (χ1n) is 8.36. The minimum Gasteiger partial charge on any atom is -0.356 e. The number of nitrogens with one attached hydrogen (secondary N) is 2. The standard InChI is InChI=1S/C16H31N3O/c1-4-17-15(20)8-9-18-16-13-6-5-7-14(16)11-19(10-13)12(2)3/h12-14,16,18H,4-11H2,1-3H3,(H,17,20). The lowest BCUT2D eigenvalue weighted by Crippen LogP contribution is -2.58. The summed E-state index contributed by atoms with van der Waals surface area (Å²) in [4.78, 5) is 14.1. The van der Waals surface area contributed by atoms with Crippen LogP contribution in [0.4, 0.5) is 0 Å². The Morgan fingerprint density at radius 3 is 2.45 bits per heavy atom. The molecule has 1 aliphatic heterocycles. The summed E-state index contributed by atoms with van der Waals surface area (Å²) in [6, 6.07) is 1.29. The predicted molar refractivity (Wildman–Crippen MR) is 82.6 cm³/mol. The van der Waals surface area contributed by atoms with Crippen LogP contribution in [0, 0.1) is 11.8 Å². The molecule has 1 heterocycles. The molecule has 2 rings (SSSR count). The molecule has 1 saturated heterocycles. The molecule has 2 fully saturated rings. The van der Waals surface area contributed by atoms with Gasteiger partial charge in [-0.2, -0.15) is 0 Å². The third-order valence-electron chi connectivity index (χ3n) is 4.94. The number of carbonyl (C=O) groups excluding carboxylic acids is 1. The van der Waals surface area contributed by atoms with Crippen molar-refractivity contribution >= 4 is 5.91 Å². The molecule has 1 amide bonds. The van der Waals surface area contributed by atoms with E-state index in [9.17, 15) is 4.79 Å². The van der Waals surface area contributed by atoms with Crippen molar-refractivity contribution in [2.24, 2.45) is 11.8 Å². The highest BCUT2D eigenvalue weighted by molar-refractivity contribution is 5.75. The van der Waals surface area contributed by atoms with Crippen molar-refractivity contribution in [3.05, 3.63) is 0 Å². The number of rotatable bonds is 6. The highest BCUT2D eigenvalue weighted by Crippen LogP contribution is 2.35. The molecule has 116 valence electrons. The Morgan fingerprint density at radius 2 is 1.90 bits per heavy atom. The summed E-state index contributed by atoms with van der Waals surface area (Å²) in [6.45, 7) is 10.6. The van der Waals surface area contributed by atoms with Crippen LogP contribution in [0.3, 0.4) is 0 Å². The third kappa shape index (κ3) is 3.95.